The van der Waals surface area contributed by atoms with Crippen LogP contribution < -0.4 is 16.6 Å². The summed E-state index contributed by atoms with van der Waals surface area (Å²) in [5.41, 5.74) is -3.09. The number of aromatic amines is 1. The lowest BCUT2D eigenvalue weighted by Gasteiger charge is -2.37. The van der Waals surface area contributed by atoms with E-state index >= 15 is 0 Å². The molecule has 190 valence electrons. The lowest BCUT2D eigenvalue weighted by molar-refractivity contribution is -0.167. The van der Waals surface area contributed by atoms with E-state index in [1.54, 1.807) is 30.3 Å². The van der Waals surface area contributed by atoms with Gasteiger partial charge in [-0.25, -0.2) is 9.59 Å². The average Bonchev–Trinajstić information content (AvgIpc) is 3.46. The summed E-state index contributed by atoms with van der Waals surface area (Å²) in [6, 6.07) is 8.88. The predicted octanol–water partition coefficient (Wildman–Crippen LogP) is -2.36. The molecule has 1 aromatic heterocycles. The summed E-state index contributed by atoms with van der Waals surface area (Å²) in [6.45, 7) is 0. The monoisotopic (exact) mass is 500 g/mol. The zero-order valence-corrected chi connectivity index (χ0v) is 19.2. The third kappa shape index (κ3) is 3.20. The summed E-state index contributed by atoms with van der Waals surface area (Å²) < 4.78 is 11.8. The minimum Gasteiger partial charge on any atom is -0.468 e. The molecule has 0 bridgehead atoms. The highest BCUT2D eigenvalue weighted by atomic mass is 16.6. The number of esters is 1. The first-order valence-corrected chi connectivity index (χ1v) is 11.2. The molecule has 4 N–H and O–H groups in total. The Morgan fingerprint density at radius 2 is 1.75 bits per heavy atom. The van der Waals surface area contributed by atoms with Gasteiger partial charge in [0.05, 0.1) is 18.9 Å². The fourth-order valence-corrected chi connectivity index (χ4v) is 5.66. The molecule has 0 aliphatic carbocycles. The minimum absolute atomic E-state index is 0.529. The summed E-state index contributed by atoms with van der Waals surface area (Å²) in [6.07, 6.45) is -5.58. The molecule has 3 fully saturated rings. The molecule has 13 nitrogen and oxygen atoms in total. The van der Waals surface area contributed by atoms with Crippen molar-refractivity contribution in [2.45, 2.75) is 36.1 Å². The van der Waals surface area contributed by atoms with E-state index in [9.17, 15) is 34.2 Å². The van der Waals surface area contributed by atoms with Crippen molar-refractivity contribution in [2.75, 3.05) is 14.2 Å². The fraction of sp³-hybridized carbons (Fsp3) is 0.435. The Labute approximate surface area is 203 Å². The summed E-state index contributed by atoms with van der Waals surface area (Å²) in [4.78, 5) is 66.8. The highest BCUT2D eigenvalue weighted by molar-refractivity contribution is 6.09. The summed E-state index contributed by atoms with van der Waals surface area (Å²) in [5.74, 6) is -4.58. The van der Waals surface area contributed by atoms with Gasteiger partial charge in [0.1, 0.15) is 18.3 Å². The van der Waals surface area contributed by atoms with Gasteiger partial charge in [0, 0.05) is 25.4 Å². The van der Waals surface area contributed by atoms with Gasteiger partial charge in [-0.15, -0.1) is 0 Å². The van der Waals surface area contributed by atoms with Crippen LogP contribution in [0.4, 0.5) is 0 Å². The second-order valence-corrected chi connectivity index (χ2v) is 9.08. The van der Waals surface area contributed by atoms with E-state index in [1.165, 1.54) is 7.05 Å². The van der Waals surface area contributed by atoms with Gasteiger partial charge in [-0.3, -0.25) is 34.2 Å². The number of H-pyrrole nitrogens is 1. The van der Waals surface area contributed by atoms with Crippen LogP contribution in [-0.2, 0) is 23.9 Å². The number of aliphatic hydroxyl groups is 2. The number of fused-ring (bicyclic) bond motifs is 1. The highest BCUT2D eigenvalue weighted by Crippen LogP contribution is 2.53. The Kier molecular flexibility index (Phi) is 5.67. The van der Waals surface area contributed by atoms with E-state index in [1.807, 2.05) is 4.98 Å². The summed E-state index contributed by atoms with van der Waals surface area (Å²) in [5, 5.41) is 25.0. The normalized spacial score (nSPS) is 35.8. The van der Waals surface area contributed by atoms with Crippen LogP contribution in [0.3, 0.4) is 0 Å². The molecule has 3 aliphatic heterocycles. The van der Waals surface area contributed by atoms with Gasteiger partial charge in [-0.1, -0.05) is 30.3 Å². The number of carbonyl (C=O) groups is 3. The van der Waals surface area contributed by atoms with Crippen LogP contribution in [0.5, 0.6) is 0 Å². The number of rotatable bonds is 4. The van der Waals surface area contributed by atoms with Crippen molar-refractivity contribution in [3.05, 3.63) is 69.0 Å². The highest BCUT2D eigenvalue weighted by Gasteiger charge is 2.74. The zero-order chi connectivity index (χ0) is 25.9. The molecular weight excluding hydrogens is 476 g/mol. The Balaban J connectivity index is 1.65. The zero-order valence-electron chi connectivity index (χ0n) is 19.2. The maximum atomic E-state index is 13.5. The van der Waals surface area contributed by atoms with Crippen molar-refractivity contribution in [1.29, 1.82) is 0 Å². The number of hydrogen-bond donors (Lipinski definition) is 4. The van der Waals surface area contributed by atoms with Crippen LogP contribution in [0.2, 0.25) is 0 Å². The third-order valence-electron chi connectivity index (χ3n) is 7.31. The molecular formula is C23H24N4O9. The smallest absolute Gasteiger partial charge is 0.330 e. The number of aliphatic hydroxyl groups excluding tert-OH is 2. The van der Waals surface area contributed by atoms with Gasteiger partial charge in [0.2, 0.25) is 11.8 Å². The van der Waals surface area contributed by atoms with Gasteiger partial charge in [-0.05, 0) is 5.56 Å². The number of ether oxygens (including phenoxy) is 2. The maximum absolute atomic E-state index is 13.5. The van der Waals surface area contributed by atoms with Crippen molar-refractivity contribution in [3.63, 3.8) is 0 Å². The Hall–Kier alpha value is -3.65. The molecule has 36 heavy (non-hydrogen) atoms. The molecule has 8 atom stereocenters. The van der Waals surface area contributed by atoms with Crippen LogP contribution in [0.15, 0.2) is 52.2 Å². The van der Waals surface area contributed by atoms with Crippen LogP contribution in [-0.4, -0.2) is 80.5 Å². The standard InChI is InChI=1S/C23H24N4O9/c1-26-18(31)12-13(19(26)32)23(21(33)35-2,25-14(12)10-6-4-3-5-7-10)17-15(29)16(30)20(36-17)27-9-8-11(28)24-22(27)34/h3-9,12-17,20,25,29-30H,1-2H3,(H,24,28,34)/t12-,13-,14-,15-,16+,17-,20+,23+/m0/s1. The molecule has 0 radical (unpaired) electrons. The first-order valence-electron chi connectivity index (χ1n) is 11.2. The molecule has 5 rings (SSSR count). The second-order valence-electron chi connectivity index (χ2n) is 9.08. The van der Waals surface area contributed by atoms with Gasteiger partial charge < -0.3 is 19.7 Å². The number of benzene rings is 1. The molecule has 4 heterocycles. The Morgan fingerprint density at radius 1 is 1.06 bits per heavy atom. The average molecular weight is 500 g/mol. The second kappa shape index (κ2) is 8.48. The molecule has 0 saturated carbocycles. The first kappa shape index (κ1) is 24.1. The SMILES string of the molecule is COC(=O)[C@@]1([C@H]2O[C@@H](n3ccc(=O)[nH]c3=O)[C@H](O)[C@@H]2O)N[C@@H](c2ccccc2)[C@H]2C(=O)N(C)C(=O)[C@H]21. The van der Waals surface area contributed by atoms with Gasteiger partial charge in [0.15, 0.2) is 11.8 Å². The van der Waals surface area contributed by atoms with E-state index in [4.69, 9.17) is 9.47 Å². The van der Waals surface area contributed by atoms with E-state index in [2.05, 4.69) is 5.32 Å². The van der Waals surface area contributed by atoms with Crippen LogP contribution >= 0.6 is 0 Å². The van der Waals surface area contributed by atoms with Crippen molar-refractivity contribution in [2.24, 2.45) is 11.8 Å². The van der Waals surface area contributed by atoms with E-state index < -0.39 is 77.0 Å². The molecule has 13 heteroatoms. The van der Waals surface area contributed by atoms with E-state index in [0.717, 1.165) is 28.8 Å². The van der Waals surface area contributed by atoms with Gasteiger partial charge in [0.25, 0.3) is 5.56 Å². The number of imide groups is 1. The van der Waals surface area contributed by atoms with E-state index in [-0.39, 0.29) is 0 Å². The molecule has 0 unspecified atom stereocenters. The molecule has 1 aromatic carbocycles. The Bertz CT molecular complexity index is 1340. The molecule has 3 aliphatic rings. The van der Waals surface area contributed by atoms with Gasteiger partial charge in [-0.2, -0.15) is 0 Å². The number of nitrogens with zero attached hydrogens (tertiary/aromatic N) is 2. The minimum atomic E-state index is -2.10. The van der Waals surface area contributed by atoms with Crippen molar-refractivity contribution < 1.29 is 34.1 Å². The maximum Gasteiger partial charge on any atom is 0.330 e. The van der Waals surface area contributed by atoms with Gasteiger partial charge >= 0.3 is 11.7 Å². The third-order valence-corrected chi connectivity index (χ3v) is 7.31. The number of aromatic nitrogens is 2. The molecule has 0 spiro atoms. The molecule has 3 saturated heterocycles. The fourth-order valence-electron chi connectivity index (χ4n) is 5.66. The van der Waals surface area contributed by atoms with Crippen molar-refractivity contribution in [3.8, 4) is 0 Å². The number of carbonyl (C=O) groups excluding carboxylic acids is 3. The molecule has 2 aromatic rings. The van der Waals surface area contributed by atoms with E-state index in [0.29, 0.717) is 5.56 Å². The lowest BCUT2D eigenvalue weighted by Crippen LogP contribution is -2.66. The summed E-state index contributed by atoms with van der Waals surface area (Å²) in [7, 11) is 2.39. The number of hydrogen-bond acceptors (Lipinski definition) is 10. The largest absolute Gasteiger partial charge is 0.468 e. The number of likely N-dealkylation sites (tertiary alicyclic amines) is 1. The number of methoxy groups -OCH3 is 1. The topological polar surface area (TPSA) is 180 Å². The van der Waals surface area contributed by atoms with Crippen molar-refractivity contribution >= 4 is 17.8 Å². The summed E-state index contributed by atoms with van der Waals surface area (Å²) >= 11 is 0. The first-order chi connectivity index (χ1) is 17.1. The molecule has 2 amide bonds. The quantitative estimate of drug-likeness (QED) is 0.262. The Morgan fingerprint density at radius 3 is 2.39 bits per heavy atom. The van der Waals surface area contributed by atoms with Crippen LogP contribution in [0.25, 0.3) is 0 Å². The lowest BCUT2D eigenvalue weighted by atomic mass is 9.74. The number of nitrogens with one attached hydrogen (secondary N) is 2. The predicted molar refractivity (Wildman–Crippen MR) is 119 cm³/mol. The number of amides is 2. The van der Waals surface area contributed by atoms with Crippen molar-refractivity contribution in [1.82, 2.24) is 19.8 Å². The van der Waals surface area contributed by atoms with Crippen LogP contribution in [0, 0.1) is 11.8 Å². The van der Waals surface area contributed by atoms with Crippen LogP contribution in [0.1, 0.15) is 17.8 Å².